The SMILES string of the molecule is CC(C)c1ccc(OCC(=O)N[C@H](C(=O)O)[C@@H](C)O)cc1. The number of aliphatic hydroxyl groups excluding tert-OH is 1. The molecule has 0 aliphatic carbocycles. The molecule has 0 spiro atoms. The van der Waals surface area contributed by atoms with Crippen molar-refractivity contribution in [2.24, 2.45) is 0 Å². The summed E-state index contributed by atoms with van der Waals surface area (Å²) in [4.78, 5) is 22.4. The number of amides is 1. The first-order chi connectivity index (χ1) is 9.81. The molecule has 0 aliphatic heterocycles. The van der Waals surface area contributed by atoms with Gasteiger partial charge in [-0.3, -0.25) is 4.79 Å². The zero-order valence-electron chi connectivity index (χ0n) is 12.4. The predicted molar refractivity (Wildman–Crippen MR) is 77.3 cm³/mol. The summed E-state index contributed by atoms with van der Waals surface area (Å²) in [6, 6.07) is 5.99. The van der Waals surface area contributed by atoms with Crippen LogP contribution in [0.1, 0.15) is 32.3 Å². The highest BCUT2D eigenvalue weighted by molar-refractivity contribution is 5.84. The Labute approximate surface area is 123 Å². The van der Waals surface area contributed by atoms with Crippen molar-refractivity contribution in [3.63, 3.8) is 0 Å². The number of hydrogen-bond donors (Lipinski definition) is 3. The molecule has 0 radical (unpaired) electrons. The van der Waals surface area contributed by atoms with E-state index in [9.17, 15) is 14.7 Å². The molecule has 0 unspecified atom stereocenters. The maximum absolute atomic E-state index is 11.6. The van der Waals surface area contributed by atoms with Crippen molar-refractivity contribution in [2.75, 3.05) is 6.61 Å². The van der Waals surface area contributed by atoms with E-state index in [1.54, 1.807) is 12.1 Å². The molecule has 1 amide bonds. The van der Waals surface area contributed by atoms with Crippen molar-refractivity contribution in [3.05, 3.63) is 29.8 Å². The van der Waals surface area contributed by atoms with Crippen molar-refractivity contribution in [1.82, 2.24) is 5.32 Å². The molecular weight excluding hydrogens is 274 g/mol. The molecule has 6 nitrogen and oxygen atoms in total. The lowest BCUT2D eigenvalue weighted by atomic mass is 10.0. The number of aliphatic carboxylic acids is 1. The smallest absolute Gasteiger partial charge is 0.328 e. The van der Waals surface area contributed by atoms with E-state index < -0.39 is 24.0 Å². The Morgan fingerprint density at radius 3 is 2.19 bits per heavy atom. The van der Waals surface area contributed by atoms with Gasteiger partial charge in [0.05, 0.1) is 6.10 Å². The molecule has 21 heavy (non-hydrogen) atoms. The number of carboxylic acids is 1. The second-order valence-electron chi connectivity index (χ2n) is 5.14. The monoisotopic (exact) mass is 295 g/mol. The van der Waals surface area contributed by atoms with E-state index in [1.165, 1.54) is 6.92 Å². The third-order valence-electron chi connectivity index (χ3n) is 2.98. The first-order valence-electron chi connectivity index (χ1n) is 6.74. The van der Waals surface area contributed by atoms with Crippen LogP contribution >= 0.6 is 0 Å². The summed E-state index contributed by atoms with van der Waals surface area (Å²) >= 11 is 0. The van der Waals surface area contributed by atoms with Crippen LogP contribution in [0.4, 0.5) is 0 Å². The number of carbonyl (C=O) groups excluding carboxylic acids is 1. The second kappa shape index (κ2) is 7.64. The number of aliphatic hydroxyl groups is 1. The maximum atomic E-state index is 11.6. The third-order valence-corrected chi connectivity index (χ3v) is 2.98. The lowest BCUT2D eigenvalue weighted by Gasteiger charge is -2.17. The summed E-state index contributed by atoms with van der Waals surface area (Å²) < 4.78 is 5.28. The minimum absolute atomic E-state index is 0.308. The van der Waals surface area contributed by atoms with Crippen LogP contribution in [0.15, 0.2) is 24.3 Å². The lowest BCUT2D eigenvalue weighted by Crippen LogP contribution is -2.49. The molecule has 3 N–H and O–H groups in total. The van der Waals surface area contributed by atoms with Gasteiger partial charge in [0.25, 0.3) is 5.91 Å². The highest BCUT2D eigenvalue weighted by Crippen LogP contribution is 2.18. The van der Waals surface area contributed by atoms with Gasteiger partial charge < -0.3 is 20.3 Å². The van der Waals surface area contributed by atoms with Gasteiger partial charge in [0.15, 0.2) is 12.6 Å². The Bertz CT molecular complexity index is 481. The first-order valence-corrected chi connectivity index (χ1v) is 6.74. The molecule has 0 heterocycles. The summed E-state index contributed by atoms with van der Waals surface area (Å²) in [6.07, 6.45) is -1.18. The Kier molecular flexibility index (Phi) is 6.17. The fourth-order valence-corrected chi connectivity index (χ4v) is 1.70. The van der Waals surface area contributed by atoms with E-state index in [0.29, 0.717) is 11.7 Å². The van der Waals surface area contributed by atoms with E-state index in [4.69, 9.17) is 9.84 Å². The number of nitrogens with one attached hydrogen (secondary N) is 1. The Balaban J connectivity index is 2.51. The number of ether oxygens (including phenoxy) is 1. The average molecular weight is 295 g/mol. The maximum Gasteiger partial charge on any atom is 0.328 e. The molecule has 0 fully saturated rings. The van der Waals surface area contributed by atoms with Gasteiger partial charge in [-0.05, 0) is 30.5 Å². The zero-order valence-corrected chi connectivity index (χ0v) is 12.4. The normalized spacial score (nSPS) is 13.6. The highest BCUT2D eigenvalue weighted by Gasteiger charge is 2.24. The second-order valence-corrected chi connectivity index (χ2v) is 5.14. The molecule has 1 aromatic carbocycles. The minimum atomic E-state index is -1.34. The Morgan fingerprint density at radius 2 is 1.76 bits per heavy atom. The first kappa shape index (κ1) is 17.0. The number of carbonyl (C=O) groups is 2. The van der Waals surface area contributed by atoms with E-state index in [0.717, 1.165) is 5.56 Å². The molecule has 0 saturated heterocycles. The predicted octanol–water partition coefficient (Wildman–Crippen LogP) is 1.14. The van der Waals surface area contributed by atoms with Gasteiger partial charge in [0.1, 0.15) is 5.75 Å². The third kappa shape index (κ3) is 5.43. The molecular formula is C15H21NO5. The number of carboxylic acid groups (broad SMARTS) is 1. The van der Waals surface area contributed by atoms with E-state index in [2.05, 4.69) is 19.2 Å². The number of hydrogen-bond acceptors (Lipinski definition) is 4. The molecule has 2 atom stereocenters. The summed E-state index contributed by atoms with van der Waals surface area (Å²) in [5, 5.41) is 20.3. The molecule has 0 bridgehead atoms. The van der Waals surface area contributed by atoms with Crippen LogP contribution in [0.2, 0.25) is 0 Å². The van der Waals surface area contributed by atoms with Crippen LogP contribution in [0.5, 0.6) is 5.75 Å². The minimum Gasteiger partial charge on any atom is -0.484 e. The summed E-state index contributed by atoms with van der Waals surface area (Å²) in [5.74, 6) is -0.959. The summed E-state index contributed by atoms with van der Waals surface area (Å²) in [7, 11) is 0. The van der Waals surface area contributed by atoms with Crippen LogP contribution in [0.3, 0.4) is 0 Å². The van der Waals surface area contributed by atoms with Crippen molar-refractivity contribution >= 4 is 11.9 Å². The topological polar surface area (TPSA) is 95.9 Å². The average Bonchev–Trinajstić information content (AvgIpc) is 2.42. The van der Waals surface area contributed by atoms with E-state index in [1.807, 2.05) is 12.1 Å². The van der Waals surface area contributed by atoms with Crippen LogP contribution in [-0.4, -0.2) is 40.8 Å². The van der Waals surface area contributed by atoms with Gasteiger partial charge in [-0.1, -0.05) is 26.0 Å². The van der Waals surface area contributed by atoms with Gasteiger partial charge in [-0.2, -0.15) is 0 Å². The Morgan fingerprint density at radius 1 is 1.19 bits per heavy atom. The van der Waals surface area contributed by atoms with E-state index >= 15 is 0 Å². The van der Waals surface area contributed by atoms with Crippen LogP contribution < -0.4 is 10.1 Å². The van der Waals surface area contributed by atoms with Crippen molar-refractivity contribution in [2.45, 2.75) is 38.8 Å². The number of rotatable bonds is 7. The quantitative estimate of drug-likeness (QED) is 0.701. The fraction of sp³-hybridized carbons (Fsp3) is 0.467. The van der Waals surface area contributed by atoms with Gasteiger partial charge in [0, 0.05) is 0 Å². The molecule has 1 rings (SSSR count). The van der Waals surface area contributed by atoms with E-state index in [-0.39, 0.29) is 6.61 Å². The fourth-order valence-electron chi connectivity index (χ4n) is 1.70. The summed E-state index contributed by atoms with van der Waals surface area (Å²) in [6.45, 7) is 5.14. The Hall–Kier alpha value is -2.08. The van der Waals surface area contributed by atoms with Gasteiger partial charge in [-0.25, -0.2) is 4.79 Å². The number of benzene rings is 1. The van der Waals surface area contributed by atoms with Crippen LogP contribution in [0, 0.1) is 0 Å². The van der Waals surface area contributed by atoms with Gasteiger partial charge in [0.2, 0.25) is 0 Å². The molecule has 0 aromatic heterocycles. The van der Waals surface area contributed by atoms with Crippen LogP contribution in [-0.2, 0) is 9.59 Å². The van der Waals surface area contributed by atoms with Crippen molar-refractivity contribution in [1.29, 1.82) is 0 Å². The largest absolute Gasteiger partial charge is 0.484 e. The van der Waals surface area contributed by atoms with Gasteiger partial charge >= 0.3 is 5.97 Å². The molecule has 6 heteroatoms. The molecule has 1 aromatic rings. The standard InChI is InChI=1S/C15H21NO5/c1-9(2)11-4-6-12(7-5-11)21-8-13(18)16-14(10(3)17)15(19)20/h4-7,9-10,14,17H,8H2,1-3H3,(H,16,18)(H,19,20)/t10-,14+/m1/s1. The van der Waals surface area contributed by atoms with Gasteiger partial charge in [-0.15, -0.1) is 0 Å². The zero-order chi connectivity index (χ0) is 16.0. The highest BCUT2D eigenvalue weighted by atomic mass is 16.5. The van der Waals surface area contributed by atoms with Crippen molar-refractivity contribution in [3.8, 4) is 5.75 Å². The lowest BCUT2D eigenvalue weighted by molar-refractivity contribution is -0.145. The van der Waals surface area contributed by atoms with Crippen LogP contribution in [0.25, 0.3) is 0 Å². The molecule has 0 aliphatic rings. The van der Waals surface area contributed by atoms with Crippen molar-refractivity contribution < 1.29 is 24.5 Å². The summed E-state index contributed by atoms with van der Waals surface area (Å²) in [5.41, 5.74) is 1.16. The molecule has 116 valence electrons. The molecule has 0 saturated carbocycles.